The van der Waals surface area contributed by atoms with Gasteiger partial charge < -0.3 is 0 Å². The molecule has 6 nitrogen and oxygen atoms in total. The number of carbonyl (C=O) groups excluding carboxylic acids is 2. The van der Waals surface area contributed by atoms with E-state index in [0.29, 0.717) is 12.8 Å². The Morgan fingerprint density at radius 2 is 1.33 bits per heavy atom. The van der Waals surface area contributed by atoms with Gasteiger partial charge in [0, 0.05) is 26.7 Å². The summed E-state index contributed by atoms with van der Waals surface area (Å²) in [6, 6.07) is 0. The zero-order valence-corrected chi connectivity index (χ0v) is 10.3. The van der Waals surface area contributed by atoms with Crippen LogP contribution in [-0.4, -0.2) is 23.2 Å². The highest BCUT2D eigenvalue weighted by Gasteiger charge is 2.23. The Morgan fingerprint density at radius 3 is 1.67 bits per heavy atom. The van der Waals surface area contributed by atoms with Crippen LogP contribution in [0.15, 0.2) is 33.5 Å². The van der Waals surface area contributed by atoms with Crippen LogP contribution in [-0.2, 0) is 9.59 Å². The van der Waals surface area contributed by atoms with Crippen molar-refractivity contribution in [2.24, 2.45) is 10.2 Å². The molecule has 0 aromatic rings. The number of rotatable bonds is 2. The summed E-state index contributed by atoms with van der Waals surface area (Å²) in [4.78, 5) is 21.5. The van der Waals surface area contributed by atoms with Crippen molar-refractivity contribution >= 4 is 23.2 Å². The Morgan fingerprint density at radius 1 is 0.944 bits per heavy atom. The van der Waals surface area contributed by atoms with Gasteiger partial charge in [-0.1, -0.05) is 0 Å². The lowest BCUT2D eigenvalue weighted by Gasteiger charge is -1.96. The zero-order chi connectivity index (χ0) is 13.1. The average molecular weight is 246 g/mol. The second kappa shape index (κ2) is 4.95. The minimum atomic E-state index is -0.181. The Labute approximate surface area is 105 Å². The summed E-state index contributed by atoms with van der Waals surface area (Å²) in [6.07, 6.45) is 5.26. The SMILES string of the molecule is CC(=O)N/N=C1/C=C2C/C(=N\NC(C)=O)C=C2C1. The van der Waals surface area contributed by atoms with Crippen LogP contribution in [0.1, 0.15) is 26.7 Å². The van der Waals surface area contributed by atoms with Crippen LogP contribution in [0.4, 0.5) is 0 Å². The van der Waals surface area contributed by atoms with E-state index in [0.717, 1.165) is 22.6 Å². The van der Waals surface area contributed by atoms with Crippen LogP contribution in [0.3, 0.4) is 0 Å². The van der Waals surface area contributed by atoms with Crippen molar-refractivity contribution in [2.75, 3.05) is 0 Å². The summed E-state index contributed by atoms with van der Waals surface area (Å²) in [5, 5.41) is 7.99. The molecule has 2 amide bonds. The molecule has 0 fully saturated rings. The van der Waals surface area contributed by atoms with Crippen LogP contribution in [0.5, 0.6) is 0 Å². The fourth-order valence-electron chi connectivity index (χ4n) is 1.85. The maximum absolute atomic E-state index is 10.7. The first-order valence-corrected chi connectivity index (χ1v) is 5.62. The number of fused-ring (bicyclic) bond motifs is 1. The third kappa shape index (κ3) is 2.91. The van der Waals surface area contributed by atoms with Gasteiger partial charge in [0.2, 0.25) is 11.8 Å². The summed E-state index contributed by atoms with van der Waals surface area (Å²) in [5.41, 5.74) is 8.80. The largest absolute Gasteiger partial charge is 0.274 e. The molecule has 0 saturated carbocycles. The maximum Gasteiger partial charge on any atom is 0.236 e. The molecule has 0 unspecified atom stereocenters. The van der Waals surface area contributed by atoms with Gasteiger partial charge in [0.05, 0.1) is 11.4 Å². The van der Waals surface area contributed by atoms with E-state index in [4.69, 9.17) is 0 Å². The van der Waals surface area contributed by atoms with E-state index in [2.05, 4.69) is 21.1 Å². The molecule has 2 N–H and O–H groups in total. The Kier molecular flexibility index (Phi) is 3.36. The molecular formula is C12H14N4O2. The number of allylic oxidation sites excluding steroid dienone is 4. The molecule has 0 aliphatic heterocycles. The molecule has 0 aromatic heterocycles. The predicted molar refractivity (Wildman–Crippen MR) is 67.9 cm³/mol. The molecule has 18 heavy (non-hydrogen) atoms. The van der Waals surface area contributed by atoms with Crippen LogP contribution < -0.4 is 10.9 Å². The topological polar surface area (TPSA) is 82.9 Å². The van der Waals surface area contributed by atoms with Crippen molar-refractivity contribution in [3.63, 3.8) is 0 Å². The van der Waals surface area contributed by atoms with E-state index in [1.807, 2.05) is 12.2 Å². The number of nitrogens with one attached hydrogen (secondary N) is 2. The van der Waals surface area contributed by atoms with Gasteiger partial charge in [-0.15, -0.1) is 0 Å². The van der Waals surface area contributed by atoms with Gasteiger partial charge in [-0.05, 0) is 23.3 Å². The van der Waals surface area contributed by atoms with Crippen LogP contribution >= 0.6 is 0 Å². The van der Waals surface area contributed by atoms with Crippen LogP contribution in [0.2, 0.25) is 0 Å². The van der Waals surface area contributed by atoms with E-state index in [9.17, 15) is 9.59 Å². The lowest BCUT2D eigenvalue weighted by Crippen LogP contribution is -2.15. The molecule has 2 aliphatic rings. The van der Waals surface area contributed by atoms with E-state index in [-0.39, 0.29) is 11.8 Å². The predicted octanol–water partition coefficient (Wildman–Crippen LogP) is 0.631. The van der Waals surface area contributed by atoms with Crippen molar-refractivity contribution in [1.29, 1.82) is 0 Å². The fourth-order valence-corrected chi connectivity index (χ4v) is 1.85. The van der Waals surface area contributed by atoms with E-state index < -0.39 is 0 Å². The number of hydrogen-bond donors (Lipinski definition) is 2. The van der Waals surface area contributed by atoms with E-state index in [1.165, 1.54) is 13.8 Å². The molecule has 6 heteroatoms. The molecule has 2 aliphatic carbocycles. The summed E-state index contributed by atoms with van der Waals surface area (Å²) in [5.74, 6) is -0.361. The Bertz CT molecular complexity index is 478. The van der Waals surface area contributed by atoms with E-state index >= 15 is 0 Å². The monoisotopic (exact) mass is 246 g/mol. The van der Waals surface area contributed by atoms with Crippen LogP contribution in [0, 0.1) is 0 Å². The molecule has 0 bridgehead atoms. The lowest BCUT2D eigenvalue weighted by molar-refractivity contribution is -0.119. The van der Waals surface area contributed by atoms with E-state index in [1.54, 1.807) is 0 Å². The summed E-state index contributed by atoms with van der Waals surface area (Å²) in [6.45, 7) is 2.84. The van der Waals surface area contributed by atoms with Gasteiger partial charge >= 0.3 is 0 Å². The number of hydrogen-bond acceptors (Lipinski definition) is 4. The molecule has 0 radical (unpaired) electrons. The first-order chi connectivity index (χ1) is 8.54. The normalized spacial score (nSPS) is 21.7. The highest BCUT2D eigenvalue weighted by Crippen LogP contribution is 2.31. The zero-order valence-electron chi connectivity index (χ0n) is 10.3. The number of hydrazone groups is 2. The Balaban J connectivity index is 2.02. The second-order valence-corrected chi connectivity index (χ2v) is 4.23. The minimum absolute atomic E-state index is 0.181. The number of carbonyl (C=O) groups is 2. The van der Waals surface area contributed by atoms with Crippen molar-refractivity contribution in [1.82, 2.24) is 10.9 Å². The smallest absolute Gasteiger partial charge is 0.236 e. The Hall–Kier alpha value is -2.24. The van der Waals surface area contributed by atoms with Gasteiger partial charge in [0.15, 0.2) is 0 Å². The molecule has 0 saturated heterocycles. The molecule has 2 rings (SSSR count). The lowest BCUT2D eigenvalue weighted by atomic mass is 10.2. The van der Waals surface area contributed by atoms with Crippen molar-refractivity contribution in [3.05, 3.63) is 23.3 Å². The van der Waals surface area contributed by atoms with Gasteiger partial charge in [-0.25, -0.2) is 10.9 Å². The molecule has 94 valence electrons. The standard InChI is InChI=1S/C12H14N4O2/c1-7(17)13-15-11-3-9-5-12(6-10(9)4-11)16-14-8(2)18/h3,6H,4-5H2,1-2H3,(H,13,17)(H,14,18)/b15-11-,16-12+. The molecule has 0 atom stereocenters. The number of nitrogens with zero attached hydrogens (tertiary/aromatic N) is 2. The van der Waals surface area contributed by atoms with Gasteiger partial charge in [-0.3, -0.25) is 9.59 Å². The first-order valence-electron chi connectivity index (χ1n) is 5.62. The van der Waals surface area contributed by atoms with Gasteiger partial charge in [0.1, 0.15) is 0 Å². The third-order valence-corrected chi connectivity index (χ3v) is 2.55. The number of amides is 2. The minimum Gasteiger partial charge on any atom is -0.274 e. The van der Waals surface area contributed by atoms with Crippen molar-refractivity contribution in [2.45, 2.75) is 26.7 Å². The highest BCUT2D eigenvalue weighted by molar-refractivity contribution is 6.10. The maximum atomic E-state index is 10.7. The summed E-state index contributed by atoms with van der Waals surface area (Å²) >= 11 is 0. The molecular weight excluding hydrogens is 232 g/mol. The third-order valence-electron chi connectivity index (χ3n) is 2.55. The quantitative estimate of drug-likeness (QED) is 0.700. The summed E-state index contributed by atoms with van der Waals surface area (Å²) in [7, 11) is 0. The molecule has 0 spiro atoms. The fraction of sp³-hybridized carbons (Fsp3) is 0.333. The average Bonchev–Trinajstić information content (AvgIpc) is 2.80. The first kappa shape index (κ1) is 12.2. The van der Waals surface area contributed by atoms with Gasteiger partial charge in [-0.2, -0.15) is 10.2 Å². The second-order valence-electron chi connectivity index (χ2n) is 4.23. The summed E-state index contributed by atoms with van der Waals surface area (Å²) < 4.78 is 0. The molecule has 0 aromatic carbocycles. The highest BCUT2D eigenvalue weighted by atomic mass is 16.2. The van der Waals surface area contributed by atoms with Crippen molar-refractivity contribution < 1.29 is 9.59 Å². The molecule has 0 heterocycles. The van der Waals surface area contributed by atoms with Crippen molar-refractivity contribution in [3.8, 4) is 0 Å². The van der Waals surface area contributed by atoms with Crippen LogP contribution in [0.25, 0.3) is 0 Å². The van der Waals surface area contributed by atoms with Gasteiger partial charge in [0.25, 0.3) is 0 Å².